The molecule has 0 heterocycles. The molecule has 2 aromatic rings. The lowest BCUT2D eigenvalue weighted by Crippen LogP contribution is -2.50. The first-order chi connectivity index (χ1) is 16.1. The van der Waals surface area contributed by atoms with Gasteiger partial charge in [0.05, 0.1) is 6.04 Å². The van der Waals surface area contributed by atoms with Crippen LogP contribution in [-0.4, -0.2) is 41.2 Å². The number of carbonyl (C=O) groups excluding carboxylic acids is 3. The fourth-order valence-electron chi connectivity index (χ4n) is 3.44. The first-order valence-corrected chi connectivity index (χ1v) is 11.4. The second kappa shape index (κ2) is 12.6. The third kappa shape index (κ3) is 8.77. The molecule has 0 radical (unpaired) electrons. The van der Waals surface area contributed by atoms with E-state index in [-0.39, 0.29) is 19.6 Å². The topological polar surface area (TPSA) is 111 Å². The van der Waals surface area contributed by atoms with Gasteiger partial charge in [-0.2, -0.15) is 0 Å². The van der Waals surface area contributed by atoms with Gasteiger partial charge in [0.25, 0.3) is 0 Å². The van der Waals surface area contributed by atoms with Crippen LogP contribution in [0.1, 0.15) is 57.7 Å². The quantitative estimate of drug-likeness (QED) is 0.496. The van der Waals surface area contributed by atoms with Gasteiger partial charge in [-0.05, 0) is 51.7 Å². The van der Waals surface area contributed by atoms with Crippen molar-refractivity contribution in [2.45, 2.75) is 64.8 Å². The minimum absolute atomic E-state index is 0.164. The molecule has 2 atom stereocenters. The fourth-order valence-corrected chi connectivity index (χ4v) is 3.44. The van der Waals surface area contributed by atoms with Crippen LogP contribution < -0.4 is 11.1 Å². The number of nitrogens with zero attached hydrogens (tertiary/aromatic N) is 1. The summed E-state index contributed by atoms with van der Waals surface area (Å²) < 4.78 is 10.8. The highest BCUT2D eigenvalue weighted by Gasteiger charge is 2.35. The van der Waals surface area contributed by atoms with Crippen LogP contribution in [0.25, 0.3) is 0 Å². The third-order valence-corrected chi connectivity index (χ3v) is 5.10. The standard InChI is InChI=1S/C26H35N3O5/c1-19(21-14-9-6-10-15-21)29(25(32)34-26(2,3)4)22(23(27)30)16-11-17-28-24(31)33-18-20-12-7-5-8-13-20/h5-10,12-15,19,22H,11,16-18H2,1-4H3,(H2,27,30)(H,28,31)/t19-,22-/m1/s1. The molecule has 8 heteroatoms. The van der Waals surface area contributed by atoms with Crippen LogP contribution in [0.3, 0.4) is 0 Å². The molecule has 184 valence electrons. The Morgan fingerprint density at radius 3 is 2.15 bits per heavy atom. The number of hydrogen-bond acceptors (Lipinski definition) is 5. The van der Waals surface area contributed by atoms with E-state index in [1.807, 2.05) is 67.6 Å². The van der Waals surface area contributed by atoms with Crippen LogP contribution in [0.2, 0.25) is 0 Å². The molecule has 2 aromatic carbocycles. The minimum atomic E-state index is -0.910. The highest BCUT2D eigenvalue weighted by atomic mass is 16.6. The SMILES string of the molecule is C[C@H](c1ccccc1)N(C(=O)OC(C)(C)C)[C@H](CCCNC(=O)OCc1ccccc1)C(N)=O. The van der Waals surface area contributed by atoms with Crippen molar-refractivity contribution >= 4 is 18.1 Å². The second-order valence-corrected chi connectivity index (χ2v) is 9.02. The predicted octanol–water partition coefficient (Wildman–Crippen LogP) is 4.55. The first kappa shape index (κ1) is 26.7. The molecule has 2 rings (SSSR count). The molecule has 0 saturated carbocycles. The Hall–Kier alpha value is -3.55. The van der Waals surface area contributed by atoms with E-state index in [0.717, 1.165) is 11.1 Å². The van der Waals surface area contributed by atoms with E-state index in [1.165, 1.54) is 4.90 Å². The van der Waals surface area contributed by atoms with Crippen LogP contribution in [0, 0.1) is 0 Å². The maximum absolute atomic E-state index is 13.1. The Morgan fingerprint density at radius 2 is 1.59 bits per heavy atom. The summed E-state index contributed by atoms with van der Waals surface area (Å²) in [5.41, 5.74) is 6.70. The molecule has 8 nitrogen and oxygen atoms in total. The van der Waals surface area contributed by atoms with E-state index in [0.29, 0.717) is 6.42 Å². The zero-order valence-corrected chi connectivity index (χ0v) is 20.3. The van der Waals surface area contributed by atoms with E-state index >= 15 is 0 Å². The van der Waals surface area contributed by atoms with Gasteiger partial charge in [0.1, 0.15) is 18.2 Å². The van der Waals surface area contributed by atoms with E-state index < -0.39 is 35.8 Å². The summed E-state index contributed by atoms with van der Waals surface area (Å²) in [6, 6.07) is 17.4. The Bertz CT molecular complexity index is 928. The van der Waals surface area contributed by atoms with Gasteiger partial charge >= 0.3 is 12.2 Å². The molecule has 0 unspecified atom stereocenters. The molecule has 0 fully saturated rings. The number of alkyl carbamates (subject to hydrolysis) is 1. The lowest BCUT2D eigenvalue weighted by atomic mass is 10.0. The molecule has 3 amide bonds. The van der Waals surface area contributed by atoms with Gasteiger partial charge in [0.15, 0.2) is 0 Å². The monoisotopic (exact) mass is 469 g/mol. The lowest BCUT2D eigenvalue weighted by Gasteiger charge is -2.36. The van der Waals surface area contributed by atoms with Gasteiger partial charge in [0.2, 0.25) is 5.91 Å². The molecule has 0 saturated heterocycles. The Balaban J connectivity index is 2.01. The van der Waals surface area contributed by atoms with E-state index in [4.69, 9.17) is 15.2 Å². The van der Waals surface area contributed by atoms with Gasteiger partial charge in [-0.1, -0.05) is 60.7 Å². The normalized spacial score (nSPS) is 12.8. The number of primary amides is 1. The number of hydrogen-bond donors (Lipinski definition) is 2. The number of ether oxygens (including phenoxy) is 2. The molecule has 0 aliphatic carbocycles. The number of benzene rings is 2. The maximum atomic E-state index is 13.1. The molecule has 0 spiro atoms. The first-order valence-electron chi connectivity index (χ1n) is 11.4. The van der Waals surface area contributed by atoms with Crippen molar-refractivity contribution in [1.29, 1.82) is 0 Å². The number of nitrogens with one attached hydrogen (secondary N) is 1. The Kier molecular flexibility index (Phi) is 9.92. The molecule has 34 heavy (non-hydrogen) atoms. The summed E-state index contributed by atoms with van der Waals surface area (Å²) in [5.74, 6) is -0.639. The van der Waals surface area contributed by atoms with Crippen molar-refractivity contribution < 1.29 is 23.9 Å². The molecule has 0 aliphatic rings. The summed E-state index contributed by atoms with van der Waals surface area (Å²) in [6.45, 7) is 7.55. The van der Waals surface area contributed by atoms with E-state index in [9.17, 15) is 14.4 Å². The average Bonchev–Trinajstić information content (AvgIpc) is 2.79. The van der Waals surface area contributed by atoms with Crippen LogP contribution in [-0.2, 0) is 20.9 Å². The zero-order chi connectivity index (χ0) is 25.1. The number of nitrogens with two attached hydrogens (primary N) is 1. The molecule has 3 N–H and O–H groups in total. The van der Waals surface area contributed by atoms with Crippen LogP contribution in [0.4, 0.5) is 9.59 Å². The minimum Gasteiger partial charge on any atom is -0.445 e. The summed E-state index contributed by atoms with van der Waals surface area (Å²) in [5, 5.41) is 2.67. The maximum Gasteiger partial charge on any atom is 0.411 e. The summed E-state index contributed by atoms with van der Waals surface area (Å²) in [6.07, 6.45) is -0.511. The van der Waals surface area contributed by atoms with Crippen molar-refractivity contribution in [2.24, 2.45) is 5.73 Å². The molecule has 0 aromatic heterocycles. The number of rotatable bonds is 10. The largest absolute Gasteiger partial charge is 0.445 e. The smallest absolute Gasteiger partial charge is 0.411 e. The van der Waals surface area contributed by atoms with Gasteiger partial charge in [0, 0.05) is 6.54 Å². The molecule has 0 bridgehead atoms. The van der Waals surface area contributed by atoms with E-state index in [2.05, 4.69) is 5.32 Å². The Labute approximate surface area is 201 Å². The lowest BCUT2D eigenvalue weighted by molar-refractivity contribution is -0.124. The summed E-state index contributed by atoms with van der Waals surface area (Å²) in [4.78, 5) is 38.8. The zero-order valence-electron chi connectivity index (χ0n) is 20.3. The summed E-state index contributed by atoms with van der Waals surface area (Å²) >= 11 is 0. The van der Waals surface area contributed by atoms with Crippen molar-refractivity contribution in [1.82, 2.24) is 10.2 Å². The predicted molar refractivity (Wildman–Crippen MR) is 130 cm³/mol. The van der Waals surface area contributed by atoms with Crippen LogP contribution in [0.15, 0.2) is 60.7 Å². The van der Waals surface area contributed by atoms with Gasteiger partial charge in [-0.15, -0.1) is 0 Å². The summed E-state index contributed by atoms with van der Waals surface area (Å²) in [7, 11) is 0. The number of amides is 3. The molecular formula is C26H35N3O5. The molecular weight excluding hydrogens is 434 g/mol. The highest BCUT2D eigenvalue weighted by Crippen LogP contribution is 2.27. The number of carbonyl (C=O) groups is 3. The van der Waals surface area contributed by atoms with Crippen molar-refractivity contribution in [3.63, 3.8) is 0 Å². The van der Waals surface area contributed by atoms with E-state index in [1.54, 1.807) is 20.8 Å². The van der Waals surface area contributed by atoms with Crippen LogP contribution >= 0.6 is 0 Å². The third-order valence-electron chi connectivity index (χ3n) is 5.10. The van der Waals surface area contributed by atoms with Crippen molar-refractivity contribution in [2.75, 3.05) is 6.54 Å². The molecule has 0 aliphatic heterocycles. The average molecular weight is 470 g/mol. The van der Waals surface area contributed by atoms with Gasteiger partial charge < -0.3 is 20.5 Å². The van der Waals surface area contributed by atoms with Crippen molar-refractivity contribution in [3.8, 4) is 0 Å². The van der Waals surface area contributed by atoms with Gasteiger partial charge in [-0.3, -0.25) is 9.69 Å². The Morgan fingerprint density at radius 1 is 1.00 bits per heavy atom. The van der Waals surface area contributed by atoms with Crippen LogP contribution in [0.5, 0.6) is 0 Å². The van der Waals surface area contributed by atoms with Crippen molar-refractivity contribution in [3.05, 3.63) is 71.8 Å². The fraction of sp³-hybridized carbons (Fsp3) is 0.423. The van der Waals surface area contributed by atoms with Gasteiger partial charge in [-0.25, -0.2) is 9.59 Å². The second-order valence-electron chi connectivity index (χ2n) is 9.02. The highest BCUT2D eigenvalue weighted by molar-refractivity contribution is 5.84.